The Morgan fingerprint density at radius 2 is 1.75 bits per heavy atom. The summed E-state index contributed by atoms with van der Waals surface area (Å²) in [5, 5.41) is 2.31. The molecule has 1 N–H and O–H groups in total. The molecule has 0 unspecified atom stereocenters. The molecule has 1 rings (SSSR count). The molecule has 0 atom stereocenters. The van der Waals surface area contributed by atoms with E-state index in [9.17, 15) is 13.2 Å². The fourth-order valence-electron chi connectivity index (χ4n) is 1.56. The third-order valence-electron chi connectivity index (χ3n) is 2.91. The van der Waals surface area contributed by atoms with Gasteiger partial charge in [-0.2, -0.15) is 0 Å². The van der Waals surface area contributed by atoms with Gasteiger partial charge in [-0.3, -0.25) is 4.79 Å². The highest BCUT2D eigenvalue weighted by Gasteiger charge is 2.19. The van der Waals surface area contributed by atoms with Crippen LogP contribution in [-0.2, 0) is 9.84 Å². The third-order valence-corrected chi connectivity index (χ3v) is 5.08. The maximum Gasteiger partial charge on any atom is 0.251 e. The quantitative estimate of drug-likeness (QED) is 0.856. The highest BCUT2D eigenvalue weighted by molar-refractivity contribution is 7.92. The van der Waals surface area contributed by atoms with Gasteiger partial charge in [-0.15, -0.1) is 0 Å². The summed E-state index contributed by atoms with van der Waals surface area (Å²) in [5.41, 5.74) is 0.464. The van der Waals surface area contributed by atoms with E-state index in [1.807, 2.05) is 19.0 Å². The average molecular weight is 298 g/mol. The van der Waals surface area contributed by atoms with E-state index in [4.69, 9.17) is 0 Å². The van der Waals surface area contributed by atoms with Crippen molar-refractivity contribution < 1.29 is 13.2 Å². The molecule has 1 aromatic rings. The lowest BCUT2D eigenvalue weighted by Crippen LogP contribution is -2.31. The predicted octanol–water partition coefficient (Wildman–Crippen LogP) is 1.16. The summed E-state index contributed by atoms with van der Waals surface area (Å²) in [6.45, 7) is 4.58. The van der Waals surface area contributed by atoms with Crippen molar-refractivity contribution in [3.63, 3.8) is 0 Å². The van der Waals surface area contributed by atoms with Crippen LogP contribution in [0.4, 0.5) is 0 Å². The van der Waals surface area contributed by atoms with Crippen molar-refractivity contribution in [2.24, 2.45) is 0 Å². The molecule has 0 radical (unpaired) electrons. The van der Waals surface area contributed by atoms with Crippen molar-refractivity contribution in [3.8, 4) is 0 Å². The lowest BCUT2D eigenvalue weighted by molar-refractivity contribution is 0.0951. The number of carbonyl (C=O) groups excluding carboxylic acids is 1. The highest BCUT2D eigenvalue weighted by atomic mass is 32.2. The van der Waals surface area contributed by atoms with E-state index in [0.717, 1.165) is 6.54 Å². The minimum atomic E-state index is -3.29. The molecular formula is C14H22N2O3S. The number of likely N-dealkylation sites (N-methyl/N-ethyl adjacent to an activating group) is 1. The molecule has 1 aromatic carbocycles. The van der Waals surface area contributed by atoms with Crippen LogP contribution in [0.15, 0.2) is 29.2 Å². The monoisotopic (exact) mass is 298 g/mol. The number of sulfone groups is 1. The fraction of sp³-hybridized carbons (Fsp3) is 0.500. The zero-order valence-corrected chi connectivity index (χ0v) is 13.2. The lowest BCUT2D eigenvalue weighted by Gasteiger charge is -2.11. The van der Waals surface area contributed by atoms with Gasteiger partial charge in [0.05, 0.1) is 10.1 Å². The van der Waals surface area contributed by atoms with Crippen LogP contribution in [0.5, 0.6) is 0 Å². The zero-order chi connectivity index (χ0) is 15.3. The Balaban J connectivity index is 2.74. The normalized spacial score (nSPS) is 11.9. The van der Waals surface area contributed by atoms with Gasteiger partial charge < -0.3 is 10.2 Å². The summed E-state index contributed by atoms with van der Waals surface area (Å²) >= 11 is 0. The smallest absolute Gasteiger partial charge is 0.251 e. The van der Waals surface area contributed by atoms with E-state index >= 15 is 0 Å². The molecule has 0 bridgehead atoms. The molecule has 1 amide bonds. The van der Waals surface area contributed by atoms with Crippen LogP contribution in [-0.4, -0.2) is 51.7 Å². The van der Waals surface area contributed by atoms with Crippen LogP contribution in [0.3, 0.4) is 0 Å². The van der Waals surface area contributed by atoms with Crippen molar-refractivity contribution in [3.05, 3.63) is 29.8 Å². The van der Waals surface area contributed by atoms with Crippen LogP contribution in [0, 0.1) is 0 Å². The standard InChI is InChI=1S/C14H22N2O3S/c1-11(2)20(18,19)13-7-5-12(6-8-13)14(17)15-9-10-16(3)4/h5-8,11H,9-10H2,1-4H3,(H,15,17). The summed E-state index contributed by atoms with van der Waals surface area (Å²) in [4.78, 5) is 14.1. The molecular weight excluding hydrogens is 276 g/mol. The van der Waals surface area contributed by atoms with Gasteiger partial charge in [0.2, 0.25) is 0 Å². The number of amides is 1. The molecule has 112 valence electrons. The van der Waals surface area contributed by atoms with Crippen molar-refractivity contribution in [2.45, 2.75) is 24.0 Å². The van der Waals surface area contributed by atoms with Crippen LogP contribution in [0.1, 0.15) is 24.2 Å². The Morgan fingerprint density at radius 1 is 1.20 bits per heavy atom. The van der Waals surface area contributed by atoms with E-state index in [1.54, 1.807) is 26.0 Å². The van der Waals surface area contributed by atoms with Crippen molar-refractivity contribution >= 4 is 15.7 Å². The van der Waals surface area contributed by atoms with Crippen LogP contribution in [0.25, 0.3) is 0 Å². The Hall–Kier alpha value is -1.40. The van der Waals surface area contributed by atoms with Crippen molar-refractivity contribution in [1.82, 2.24) is 10.2 Å². The largest absolute Gasteiger partial charge is 0.351 e. The Labute approximate surface area is 120 Å². The van der Waals surface area contributed by atoms with Gasteiger partial charge in [0.25, 0.3) is 5.91 Å². The summed E-state index contributed by atoms with van der Waals surface area (Å²) < 4.78 is 23.9. The predicted molar refractivity (Wildman–Crippen MR) is 79.7 cm³/mol. The molecule has 0 aliphatic rings. The van der Waals surface area contributed by atoms with Crippen LogP contribution >= 0.6 is 0 Å². The van der Waals surface area contributed by atoms with Gasteiger partial charge in [0.15, 0.2) is 9.84 Å². The van der Waals surface area contributed by atoms with E-state index in [1.165, 1.54) is 12.1 Å². The zero-order valence-electron chi connectivity index (χ0n) is 12.4. The number of nitrogens with one attached hydrogen (secondary N) is 1. The molecule has 0 heterocycles. The van der Waals surface area contributed by atoms with Gasteiger partial charge in [0, 0.05) is 18.7 Å². The molecule has 20 heavy (non-hydrogen) atoms. The van der Waals surface area contributed by atoms with Gasteiger partial charge >= 0.3 is 0 Å². The number of hydrogen-bond donors (Lipinski definition) is 1. The van der Waals surface area contributed by atoms with E-state index in [2.05, 4.69) is 5.32 Å². The molecule has 0 aliphatic heterocycles. The summed E-state index contributed by atoms with van der Waals surface area (Å²) in [6.07, 6.45) is 0. The molecule has 5 nitrogen and oxygen atoms in total. The van der Waals surface area contributed by atoms with Gasteiger partial charge in [-0.05, 0) is 52.2 Å². The third kappa shape index (κ3) is 4.31. The van der Waals surface area contributed by atoms with E-state index in [-0.39, 0.29) is 10.8 Å². The van der Waals surface area contributed by atoms with Crippen molar-refractivity contribution in [1.29, 1.82) is 0 Å². The average Bonchev–Trinajstić information content (AvgIpc) is 2.38. The number of rotatable bonds is 6. The van der Waals surface area contributed by atoms with Crippen molar-refractivity contribution in [2.75, 3.05) is 27.2 Å². The fourth-order valence-corrected chi connectivity index (χ4v) is 2.62. The Kier molecular flexibility index (Phi) is 5.71. The van der Waals surface area contributed by atoms with Gasteiger partial charge in [-0.1, -0.05) is 0 Å². The molecule has 0 saturated heterocycles. The lowest BCUT2D eigenvalue weighted by atomic mass is 10.2. The van der Waals surface area contributed by atoms with Crippen LogP contribution < -0.4 is 5.32 Å². The van der Waals surface area contributed by atoms with E-state index in [0.29, 0.717) is 12.1 Å². The Bertz CT molecular complexity index is 548. The first-order valence-electron chi connectivity index (χ1n) is 6.52. The molecule has 0 aromatic heterocycles. The molecule has 0 saturated carbocycles. The van der Waals surface area contributed by atoms with E-state index < -0.39 is 15.1 Å². The number of carbonyl (C=O) groups is 1. The minimum absolute atomic E-state index is 0.194. The second-order valence-corrected chi connectivity index (χ2v) is 7.68. The summed E-state index contributed by atoms with van der Waals surface area (Å²) in [5.74, 6) is -0.194. The maximum atomic E-state index is 12.0. The molecule has 0 fully saturated rings. The van der Waals surface area contributed by atoms with Gasteiger partial charge in [0.1, 0.15) is 0 Å². The number of hydrogen-bond acceptors (Lipinski definition) is 4. The number of benzene rings is 1. The highest BCUT2D eigenvalue weighted by Crippen LogP contribution is 2.16. The molecule has 6 heteroatoms. The summed E-state index contributed by atoms with van der Waals surface area (Å²) in [7, 11) is 0.571. The number of nitrogens with zero attached hydrogens (tertiary/aromatic N) is 1. The Morgan fingerprint density at radius 3 is 2.20 bits per heavy atom. The first-order chi connectivity index (χ1) is 9.25. The second kappa shape index (κ2) is 6.85. The van der Waals surface area contributed by atoms with Gasteiger partial charge in [-0.25, -0.2) is 8.42 Å². The first-order valence-corrected chi connectivity index (χ1v) is 8.06. The molecule has 0 spiro atoms. The maximum absolute atomic E-state index is 12.0. The first kappa shape index (κ1) is 16.7. The SMILES string of the molecule is CC(C)S(=O)(=O)c1ccc(C(=O)NCCN(C)C)cc1. The summed E-state index contributed by atoms with van der Waals surface area (Å²) in [6, 6.07) is 6.05. The topological polar surface area (TPSA) is 66.5 Å². The van der Waals surface area contributed by atoms with Crippen LogP contribution in [0.2, 0.25) is 0 Å². The second-order valence-electron chi connectivity index (χ2n) is 5.18. The minimum Gasteiger partial charge on any atom is -0.351 e. The molecule has 0 aliphatic carbocycles.